The number of quaternary nitrogens is 1. The van der Waals surface area contributed by atoms with Crippen LogP contribution in [0.15, 0.2) is 24.3 Å². The zero-order valence-electron chi connectivity index (χ0n) is 44.7. The fraction of sp³-hybridized carbons (Fsp3) is 0.912. The lowest BCUT2D eigenvalue weighted by molar-refractivity contribution is -0.870. The van der Waals surface area contributed by atoms with Gasteiger partial charge in [0.25, 0.3) is 7.82 Å². The van der Waals surface area contributed by atoms with E-state index in [1.165, 1.54) is 225 Å². The molecule has 66 heavy (non-hydrogen) atoms. The summed E-state index contributed by atoms with van der Waals surface area (Å²) in [5, 5.41) is 13.8. The van der Waals surface area contributed by atoms with Gasteiger partial charge in [0.1, 0.15) is 13.2 Å². The van der Waals surface area contributed by atoms with E-state index < -0.39 is 20.0 Å². The van der Waals surface area contributed by atoms with Gasteiger partial charge in [-0.3, -0.25) is 9.36 Å². The quantitative estimate of drug-likeness (QED) is 0.0272. The van der Waals surface area contributed by atoms with E-state index in [4.69, 9.17) is 9.05 Å². The maximum Gasteiger partial charge on any atom is 0.268 e. The standard InChI is InChI=1S/C57H113N2O6P/c1-6-8-10-12-14-16-18-19-20-21-22-23-24-25-26-27-28-29-30-31-32-33-34-35-36-37-38-39-41-43-45-47-49-51-57(61)58-55(54-65-66(62,63)64-53-52-59(3,4)5)56(60)50-48-46-44-42-40-17-15-13-11-9-7-2/h21-22,48,50,55-56,60H,6-20,23-47,49,51-54H2,1-5H3,(H-,58,61,62,63)/b22-21-,50-48+. The molecular formula is C57H113N2O6P. The first kappa shape index (κ1) is 65.0. The Labute approximate surface area is 411 Å². The lowest BCUT2D eigenvalue weighted by atomic mass is 10.0. The number of unbranched alkanes of at least 4 members (excludes halogenated alkanes) is 38. The molecule has 0 aliphatic carbocycles. The third-order valence-corrected chi connectivity index (χ3v) is 14.1. The van der Waals surface area contributed by atoms with Crippen molar-refractivity contribution in [3.8, 4) is 0 Å². The summed E-state index contributed by atoms with van der Waals surface area (Å²) < 4.78 is 23.3. The number of rotatable bonds is 53. The Morgan fingerprint density at radius 2 is 0.833 bits per heavy atom. The van der Waals surface area contributed by atoms with Crippen molar-refractivity contribution in [2.45, 2.75) is 296 Å². The third-order valence-electron chi connectivity index (χ3n) is 13.2. The molecule has 0 saturated carbocycles. The predicted molar refractivity (Wildman–Crippen MR) is 284 cm³/mol. The Bertz CT molecular complexity index is 1130. The van der Waals surface area contributed by atoms with Crippen LogP contribution >= 0.6 is 7.82 Å². The number of phosphoric acid groups is 1. The fourth-order valence-corrected chi connectivity index (χ4v) is 9.34. The topological polar surface area (TPSA) is 108 Å². The number of aliphatic hydroxyl groups excluding tert-OH is 1. The largest absolute Gasteiger partial charge is 0.756 e. The van der Waals surface area contributed by atoms with Crippen molar-refractivity contribution in [1.29, 1.82) is 0 Å². The summed E-state index contributed by atoms with van der Waals surface area (Å²) in [6.07, 6.45) is 61.3. The number of carbonyl (C=O) groups excluding carboxylic acids is 1. The lowest BCUT2D eigenvalue weighted by Gasteiger charge is -2.29. The maximum absolute atomic E-state index is 12.9. The van der Waals surface area contributed by atoms with Crippen LogP contribution in [0.3, 0.4) is 0 Å². The zero-order valence-corrected chi connectivity index (χ0v) is 45.6. The van der Waals surface area contributed by atoms with Crippen molar-refractivity contribution < 1.29 is 32.9 Å². The van der Waals surface area contributed by atoms with E-state index in [-0.39, 0.29) is 19.1 Å². The van der Waals surface area contributed by atoms with E-state index in [0.717, 1.165) is 38.5 Å². The minimum atomic E-state index is -4.59. The van der Waals surface area contributed by atoms with E-state index in [2.05, 4.69) is 31.3 Å². The molecule has 8 nitrogen and oxygen atoms in total. The summed E-state index contributed by atoms with van der Waals surface area (Å²) in [5.41, 5.74) is 0. The Morgan fingerprint density at radius 3 is 1.18 bits per heavy atom. The monoisotopic (exact) mass is 953 g/mol. The molecule has 392 valence electrons. The van der Waals surface area contributed by atoms with Crippen LogP contribution in [-0.2, 0) is 18.4 Å². The number of hydrogen-bond acceptors (Lipinski definition) is 6. The maximum atomic E-state index is 12.9. The van der Waals surface area contributed by atoms with Crippen molar-refractivity contribution in [2.24, 2.45) is 0 Å². The lowest BCUT2D eigenvalue weighted by Crippen LogP contribution is -2.45. The van der Waals surface area contributed by atoms with Crippen LogP contribution in [0, 0.1) is 0 Å². The average molecular weight is 954 g/mol. The first-order valence-electron chi connectivity index (χ1n) is 28.7. The van der Waals surface area contributed by atoms with Crippen molar-refractivity contribution >= 4 is 13.7 Å². The van der Waals surface area contributed by atoms with Gasteiger partial charge in [0.15, 0.2) is 0 Å². The molecule has 0 heterocycles. The van der Waals surface area contributed by atoms with E-state index in [0.29, 0.717) is 17.4 Å². The van der Waals surface area contributed by atoms with Crippen molar-refractivity contribution in [3.63, 3.8) is 0 Å². The Morgan fingerprint density at radius 1 is 0.515 bits per heavy atom. The molecule has 1 amide bonds. The fourth-order valence-electron chi connectivity index (χ4n) is 8.62. The summed E-state index contributed by atoms with van der Waals surface area (Å²) in [4.78, 5) is 25.4. The number of allylic oxidation sites excluding steroid dienone is 3. The number of amides is 1. The molecule has 0 saturated heterocycles. The molecule has 0 bridgehead atoms. The number of carbonyl (C=O) groups is 1. The van der Waals surface area contributed by atoms with Crippen LogP contribution in [0.25, 0.3) is 0 Å². The van der Waals surface area contributed by atoms with E-state index >= 15 is 0 Å². The van der Waals surface area contributed by atoms with E-state index in [1.54, 1.807) is 6.08 Å². The Hall–Kier alpha value is -1.02. The molecule has 0 aromatic rings. The van der Waals surface area contributed by atoms with Gasteiger partial charge in [-0.1, -0.05) is 256 Å². The van der Waals surface area contributed by atoms with Gasteiger partial charge >= 0.3 is 0 Å². The minimum Gasteiger partial charge on any atom is -0.756 e. The summed E-state index contributed by atoms with van der Waals surface area (Å²) in [6.45, 7) is 4.66. The summed E-state index contributed by atoms with van der Waals surface area (Å²) >= 11 is 0. The van der Waals surface area contributed by atoms with Gasteiger partial charge in [-0.15, -0.1) is 0 Å². The number of nitrogens with one attached hydrogen (secondary N) is 1. The molecule has 0 aliphatic rings. The molecule has 0 aliphatic heterocycles. The van der Waals surface area contributed by atoms with Crippen molar-refractivity contribution in [3.05, 3.63) is 24.3 Å². The van der Waals surface area contributed by atoms with Crippen molar-refractivity contribution in [2.75, 3.05) is 40.9 Å². The van der Waals surface area contributed by atoms with Crippen LogP contribution in [0.1, 0.15) is 284 Å². The van der Waals surface area contributed by atoms with Gasteiger partial charge in [0.05, 0.1) is 39.9 Å². The highest BCUT2D eigenvalue weighted by molar-refractivity contribution is 7.45. The molecule has 0 aromatic heterocycles. The average Bonchev–Trinajstić information content (AvgIpc) is 3.28. The highest BCUT2D eigenvalue weighted by Crippen LogP contribution is 2.38. The SMILES string of the molecule is CCCCCCCCCC/C=C\CCCCCCCCCCCCCCCCCCCCCCCC(=O)NC(COP(=O)([O-])OCC[N+](C)(C)C)C(O)/C=C/CCCCCCCCCCC. The summed E-state index contributed by atoms with van der Waals surface area (Å²) in [7, 11) is 1.27. The second kappa shape index (κ2) is 49.0. The number of aliphatic hydroxyl groups is 1. The predicted octanol–water partition coefficient (Wildman–Crippen LogP) is 16.6. The molecule has 9 heteroatoms. The number of hydrogen-bond donors (Lipinski definition) is 2. The second-order valence-corrected chi connectivity index (χ2v) is 22.4. The highest BCUT2D eigenvalue weighted by atomic mass is 31.2. The molecule has 0 radical (unpaired) electrons. The van der Waals surface area contributed by atoms with Gasteiger partial charge < -0.3 is 28.8 Å². The second-order valence-electron chi connectivity index (χ2n) is 21.0. The van der Waals surface area contributed by atoms with Crippen LogP contribution in [0.5, 0.6) is 0 Å². The van der Waals surface area contributed by atoms with Gasteiger partial charge in [-0.2, -0.15) is 0 Å². The number of likely N-dealkylation sites (N-methyl/N-ethyl adjacent to an activating group) is 1. The molecular weight excluding hydrogens is 840 g/mol. The first-order chi connectivity index (χ1) is 32.0. The highest BCUT2D eigenvalue weighted by Gasteiger charge is 2.23. The van der Waals surface area contributed by atoms with Crippen LogP contribution in [-0.4, -0.2) is 68.5 Å². The Kier molecular flexibility index (Phi) is 48.2. The normalized spacial score (nSPS) is 14.1. The third kappa shape index (κ3) is 50.8. The van der Waals surface area contributed by atoms with Gasteiger partial charge in [-0.05, 0) is 44.9 Å². The molecule has 3 atom stereocenters. The molecule has 0 aromatic carbocycles. The van der Waals surface area contributed by atoms with Gasteiger partial charge in [0, 0.05) is 6.42 Å². The van der Waals surface area contributed by atoms with E-state index in [1.807, 2.05) is 27.2 Å². The van der Waals surface area contributed by atoms with Crippen molar-refractivity contribution in [1.82, 2.24) is 5.32 Å². The first-order valence-corrected chi connectivity index (χ1v) is 30.2. The van der Waals surface area contributed by atoms with Crippen LogP contribution < -0.4 is 10.2 Å². The number of phosphoric ester groups is 1. The number of nitrogens with zero attached hydrogens (tertiary/aromatic N) is 1. The smallest absolute Gasteiger partial charge is 0.268 e. The van der Waals surface area contributed by atoms with Gasteiger partial charge in [-0.25, -0.2) is 0 Å². The summed E-state index contributed by atoms with van der Waals surface area (Å²) in [5.74, 6) is -0.194. The molecule has 3 unspecified atom stereocenters. The molecule has 0 rings (SSSR count). The molecule has 0 spiro atoms. The van der Waals surface area contributed by atoms with Crippen LogP contribution in [0.2, 0.25) is 0 Å². The van der Waals surface area contributed by atoms with E-state index in [9.17, 15) is 19.4 Å². The Balaban J connectivity index is 3.93. The minimum absolute atomic E-state index is 0.00126. The van der Waals surface area contributed by atoms with Crippen LogP contribution in [0.4, 0.5) is 0 Å². The molecule has 2 N–H and O–H groups in total. The molecule has 0 fully saturated rings. The summed E-state index contributed by atoms with van der Waals surface area (Å²) in [6, 6.07) is -0.882. The zero-order chi connectivity index (χ0) is 48.5. The van der Waals surface area contributed by atoms with Gasteiger partial charge in [0.2, 0.25) is 5.91 Å².